The highest BCUT2D eigenvalue weighted by Gasteiger charge is 2.54. The number of piperidine rings is 1. The highest BCUT2D eigenvalue weighted by atomic mass is 16.2. The Kier molecular flexibility index (Phi) is 4.76. The molecule has 1 unspecified atom stereocenters. The summed E-state index contributed by atoms with van der Waals surface area (Å²) in [4.78, 5) is 28.7. The molecule has 1 atom stereocenters. The van der Waals surface area contributed by atoms with Gasteiger partial charge in [-0.1, -0.05) is 20.8 Å². The fraction of sp³-hybridized carbons (Fsp3) is 0.636. The Labute approximate surface area is 167 Å². The average Bonchev–Trinajstić information content (AvgIpc) is 3.11. The van der Waals surface area contributed by atoms with Gasteiger partial charge in [0.15, 0.2) is 0 Å². The van der Waals surface area contributed by atoms with Gasteiger partial charge in [-0.25, -0.2) is 4.79 Å². The zero-order valence-electron chi connectivity index (χ0n) is 17.3. The van der Waals surface area contributed by atoms with Crippen molar-refractivity contribution < 1.29 is 9.59 Å². The van der Waals surface area contributed by atoms with Crippen LogP contribution in [0.4, 0.5) is 4.79 Å². The van der Waals surface area contributed by atoms with E-state index >= 15 is 0 Å². The first-order valence-electron chi connectivity index (χ1n) is 10.4. The molecule has 0 aromatic carbocycles. The van der Waals surface area contributed by atoms with Gasteiger partial charge in [0.05, 0.1) is 6.54 Å². The fourth-order valence-electron chi connectivity index (χ4n) is 4.68. The van der Waals surface area contributed by atoms with Crippen molar-refractivity contribution in [3.05, 3.63) is 35.8 Å². The first-order valence-corrected chi connectivity index (χ1v) is 10.4. The summed E-state index contributed by atoms with van der Waals surface area (Å²) >= 11 is 0. The number of rotatable bonds is 3. The summed E-state index contributed by atoms with van der Waals surface area (Å²) in [6.07, 6.45) is 11.7. The number of nitrogens with zero attached hydrogens (tertiary/aromatic N) is 2. The van der Waals surface area contributed by atoms with Gasteiger partial charge in [0.1, 0.15) is 0 Å². The number of carbonyl (C=O) groups excluding carboxylic acids is 2. The molecule has 6 heteroatoms. The standard InChI is InChI=1S/C22H32N4O2/c1-21(2,3)11-19(27)25-8-5-22(6-9-25)10-18(22)13-24-20(28)26-14-16-4-7-23-12-17(16)15-26/h4,7,12,14,18,23H,5-6,8-11,13,15H2,1-3H3,(H,24,28). The van der Waals surface area contributed by atoms with Gasteiger partial charge in [0.25, 0.3) is 0 Å². The van der Waals surface area contributed by atoms with Crippen LogP contribution < -0.4 is 10.6 Å². The van der Waals surface area contributed by atoms with Crippen LogP contribution in [0.3, 0.4) is 0 Å². The third-order valence-electron chi connectivity index (χ3n) is 6.54. The lowest BCUT2D eigenvalue weighted by Gasteiger charge is -2.34. The minimum Gasteiger partial charge on any atom is -0.367 e. The molecule has 0 aromatic heterocycles. The van der Waals surface area contributed by atoms with E-state index in [9.17, 15) is 9.59 Å². The van der Waals surface area contributed by atoms with E-state index in [0.717, 1.165) is 43.6 Å². The van der Waals surface area contributed by atoms with E-state index in [1.165, 1.54) is 6.42 Å². The molecule has 1 saturated heterocycles. The van der Waals surface area contributed by atoms with Gasteiger partial charge in [-0.05, 0) is 53.2 Å². The molecule has 3 amide bonds. The smallest absolute Gasteiger partial charge is 0.321 e. The summed E-state index contributed by atoms with van der Waals surface area (Å²) in [5, 5.41) is 6.19. The molecule has 2 N–H and O–H groups in total. The van der Waals surface area contributed by atoms with E-state index in [0.29, 0.717) is 24.3 Å². The Bertz CT molecular complexity index is 751. The summed E-state index contributed by atoms with van der Waals surface area (Å²) in [7, 11) is 0. The Morgan fingerprint density at radius 3 is 2.71 bits per heavy atom. The van der Waals surface area contributed by atoms with Crippen LogP contribution in [0.5, 0.6) is 0 Å². The number of likely N-dealkylation sites (tertiary alicyclic amines) is 1. The monoisotopic (exact) mass is 384 g/mol. The number of nitrogens with one attached hydrogen (secondary N) is 2. The van der Waals surface area contributed by atoms with Crippen molar-refractivity contribution >= 4 is 11.9 Å². The summed E-state index contributed by atoms with van der Waals surface area (Å²) in [5.41, 5.74) is 2.64. The van der Waals surface area contributed by atoms with Crippen molar-refractivity contribution in [2.45, 2.75) is 46.5 Å². The van der Waals surface area contributed by atoms with Crippen molar-refractivity contribution in [1.82, 2.24) is 20.4 Å². The minimum absolute atomic E-state index is 0.0176. The predicted molar refractivity (Wildman–Crippen MR) is 109 cm³/mol. The lowest BCUT2D eigenvalue weighted by atomic mass is 9.88. The zero-order chi connectivity index (χ0) is 19.9. The molecule has 3 heterocycles. The number of fused-ring (bicyclic) bond motifs is 1. The van der Waals surface area contributed by atoms with Crippen LogP contribution in [0.25, 0.3) is 0 Å². The number of hydrogen-bond donors (Lipinski definition) is 2. The van der Waals surface area contributed by atoms with Crippen LogP contribution in [0.1, 0.15) is 46.5 Å². The number of amides is 3. The van der Waals surface area contributed by atoms with Gasteiger partial charge in [-0.2, -0.15) is 0 Å². The molecule has 4 rings (SSSR count). The molecule has 1 saturated carbocycles. The number of carbonyl (C=O) groups is 2. The molecule has 6 nitrogen and oxygen atoms in total. The largest absolute Gasteiger partial charge is 0.367 e. The maximum absolute atomic E-state index is 12.5. The third kappa shape index (κ3) is 3.96. The Morgan fingerprint density at radius 1 is 1.29 bits per heavy atom. The van der Waals surface area contributed by atoms with Gasteiger partial charge >= 0.3 is 6.03 Å². The predicted octanol–water partition coefficient (Wildman–Crippen LogP) is 2.96. The lowest BCUT2D eigenvalue weighted by Crippen LogP contribution is -2.42. The zero-order valence-corrected chi connectivity index (χ0v) is 17.3. The van der Waals surface area contributed by atoms with Crippen molar-refractivity contribution in [1.29, 1.82) is 0 Å². The maximum Gasteiger partial charge on any atom is 0.321 e. The average molecular weight is 385 g/mol. The number of dihydropyridines is 1. The van der Waals surface area contributed by atoms with Crippen molar-refractivity contribution in [3.8, 4) is 0 Å². The molecule has 0 bridgehead atoms. The highest BCUT2D eigenvalue weighted by Crippen LogP contribution is 2.59. The fourth-order valence-corrected chi connectivity index (χ4v) is 4.68. The molecule has 4 aliphatic rings. The van der Waals surface area contributed by atoms with Gasteiger partial charge in [0, 0.05) is 44.7 Å². The first-order chi connectivity index (χ1) is 13.3. The molecular formula is C22H32N4O2. The van der Waals surface area contributed by atoms with E-state index in [4.69, 9.17) is 0 Å². The molecule has 1 aliphatic carbocycles. The number of urea groups is 1. The molecule has 3 aliphatic heterocycles. The van der Waals surface area contributed by atoms with Crippen LogP contribution in [0, 0.1) is 16.7 Å². The van der Waals surface area contributed by atoms with Gasteiger partial charge < -0.3 is 15.5 Å². The van der Waals surface area contributed by atoms with E-state index in [2.05, 4.69) is 31.4 Å². The highest BCUT2D eigenvalue weighted by molar-refractivity contribution is 5.78. The second-order valence-electron chi connectivity index (χ2n) is 9.95. The van der Waals surface area contributed by atoms with Gasteiger partial charge in [-0.15, -0.1) is 0 Å². The molecule has 0 aromatic rings. The molecular weight excluding hydrogens is 352 g/mol. The maximum atomic E-state index is 12.5. The number of allylic oxidation sites excluding steroid dienone is 1. The quantitative estimate of drug-likeness (QED) is 0.786. The van der Waals surface area contributed by atoms with Gasteiger partial charge in [0.2, 0.25) is 5.91 Å². The van der Waals surface area contributed by atoms with E-state index < -0.39 is 0 Å². The second kappa shape index (κ2) is 6.98. The molecule has 152 valence electrons. The summed E-state index contributed by atoms with van der Waals surface area (Å²) in [6, 6.07) is -0.0176. The van der Waals surface area contributed by atoms with Crippen LogP contribution in [0.15, 0.2) is 35.8 Å². The van der Waals surface area contributed by atoms with Crippen LogP contribution in [-0.2, 0) is 4.79 Å². The van der Waals surface area contributed by atoms with Crippen molar-refractivity contribution in [2.75, 3.05) is 26.2 Å². The lowest BCUT2D eigenvalue weighted by molar-refractivity contribution is -0.134. The van der Waals surface area contributed by atoms with Crippen LogP contribution in [-0.4, -0.2) is 47.9 Å². The Hall–Kier alpha value is -2.24. The second-order valence-corrected chi connectivity index (χ2v) is 9.95. The van der Waals surface area contributed by atoms with Gasteiger partial charge in [-0.3, -0.25) is 9.69 Å². The molecule has 2 fully saturated rings. The van der Waals surface area contributed by atoms with Crippen molar-refractivity contribution in [3.63, 3.8) is 0 Å². The topological polar surface area (TPSA) is 64.7 Å². The normalized spacial score (nSPS) is 25.0. The first kappa shape index (κ1) is 19.1. The van der Waals surface area contributed by atoms with Crippen LogP contribution >= 0.6 is 0 Å². The third-order valence-corrected chi connectivity index (χ3v) is 6.54. The van der Waals surface area contributed by atoms with Crippen LogP contribution in [0.2, 0.25) is 0 Å². The SMILES string of the molecule is CC(C)(C)CC(=O)N1CCC2(CC1)CC2CNC(=O)N1C=C2C=CNC=C2C1. The Balaban J connectivity index is 1.22. The summed E-state index contributed by atoms with van der Waals surface area (Å²) in [6.45, 7) is 9.44. The van der Waals surface area contributed by atoms with Crippen molar-refractivity contribution in [2.24, 2.45) is 16.7 Å². The van der Waals surface area contributed by atoms with E-state index in [1.54, 1.807) is 4.90 Å². The molecule has 0 radical (unpaired) electrons. The Morgan fingerprint density at radius 2 is 2.04 bits per heavy atom. The molecule has 1 spiro atoms. The summed E-state index contributed by atoms with van der Waals surface area (Å²) < 4.78 is 0. The minimum atomic E-state index is -0.0176. The number of hydrogen-bond acceptors (Lipinski definition) is 3. The molecule has 28 heavy (non-hydrogen) atoms. The summed E-state index contributed by atoms with van der Waals surface area (Å²) in [5.74, 6) is 0.837. The van der Waals surface area contributed by atoms with E-state index in [1.807, 2.05) is 29.6 Å². The van der Waals surface area contributed by atoms with E-state index in [-0.39, 0.29) is 17.4 Å².